The lowest BCUT2D eigenvalue weighted by Gasteiger charge is -2.05. The summed E-state index contributed by atoms with van der Waals surface area (Å²) >= 11 is 3.00. The SMILES string of the molecule is Cc1ccc(-c2csc(SCC(=O)c3ccc4c(c3)[C@@H](C)C(=O)N4)n2)cc1. The van der Waals surface area contributed by atoms with Crippen molar-refractivity contribution in [3.8, 4) is 11.3 Å². The lowest BCUT2D eigenvalue weighted by Crippen LogP contribution is -2.08. The van der Waals surface area contributed by atoms with Gasteiger partial charge in [0.1, 0.15) is 0 Å². The van der Waals surface area contributed by atoms with E-state index in [4.69, 9.17) is 0 Å². The molecule has 0 spiro atoms. The number of nitrogens with one attached hydrogen (secondary N) is 1. The fourth-order valence-electron chi connectivity index (χ4n) is 2.98. The minimum absolute atomic E-state index is 0.0182. The van der Waals surface area contributed by atoms with Crippen molar-refractivity contribution in [2.24, 2.45) is 0 Å². The molecule has 1 aliphatic rings. The lowest BCUT2D eigenvalue weighted by atomic mass is 9.99. The number of ketones is 1. The maximum atomic E-state index is 12.6. The molecule has 2 aromatic carbocycles. The van der Waals surface area contributed by atoms with Gasteiger partial charge in [0.2, 0.25) is 5.91 Å². The molecule has 6 heteroatoms. The highest BCUT2D eigenvalue weighted by Gasteiger charge is 2.27. The Morgan fingerprint density at radius 3 is 2.78 bits per heavy atom. The molecule has 4 nitrogen and oxygen atoms in total. The molecular formula is C21H18N2O2S2. The van der Waals surface area contributed by atoms with Crippen LogP contribution in [0.4, 0.5) is 5.69 Å². The molecule has 1 aliphatic heterocycles. The summed E-state index contributed by atoms with van der Waals surface area (Å²) in [4.78, 5) is 29.0. The number of fused-ring (bicyclic) bond motifs is 1. The van der Waals surface area contributed by atoms with E-state index >= 15 is 0 Å². The highest BCUT2D eigenvalue weighted by atomic mass is 32.2. The number of benzene rings is 2. The summed E-state index contributed by atoms with van der Waals surface area (Å²) in [5.41, 5.74) is 5.58. The third kappa shape index (κ3) is 3.68. The minimum atomic E-state index is -0.212. The number of thioether (sulfide) groups is 1. The molecule has 2 heterocycles. The van der Waals surface area contributed by atoms with E-state index in [0.29, 0.717) is 11.3 Å². The van der Waals surface area contributed by atoms with Crippen molar-refractivity contribution >= 4 is 40.5 Å². The summed E-state index contributed by atoms with van der Waals surface area (Å²) in [6.07, 6.45) is 0. The average molecular weight is 395 g/mol. The van der Waals surface area contributed by atoms with Crippen LogP contribution in [-0.4, -0.2) is 22.4 Å². The highest BCUT2D eigenvalue weighted by Crippen LogP contribution is 2.33. The van der Waals surface area contributed by atoms with Crippen molar-refractivity contribution in [1.29, 1.82) is 0 Å². The standard InChI is InChI=1S/C21H18N2O2S2/c1-12-3-5-14(6-4-12)18-10-26-21(23-18)27-11-19(24)15-7-8-17-16(9-15)13(2)20(25)22-17/h3-10,13H,11H2,1-2H3,(H,22,25)/t13-/m1/s1. The van der Waals surface area contributed by atoms with Gasteiger partial charge in [0.15, 0.2) is 10.1 Å². The van der Waals surface area contributed by atoms with Gasteiger partial charge < -0.3 is 5.32 Å². The maximum Gasteiger partial charge on any atom is 0.231 e. The second kappa shape index (κ2) is 7.29. The summed E-state index contributed by atoms with van der Waals surface area (Å²) in [5.74, 6) is 0.142. The van der Waals surface area contributed by atoms with Crippen LogP contribution in [0.2, 0.25) is 0 Å². The van der Waals surface area contributed by atoms with Crippen LogP contribution in [0.3, 0.4) is 0 Å². The van der Waals surface area contributed by atoms with Gasteiger partial charge in [0, 0.05) is 22.2 Å². The number of rotatable bonds is 5. The van der Waals surface area contributed by atoms with E-state index in [9.17, 15) is 9.59 Å². The van der Waals surface area contributed by atoms with E-state index in [1.165, 1.54) is 17.3 Å². The smallest absolute Gasteiger partial charge is 0.231 e. The Morgan fingerprint density at radius 1 is 1.22 bits per heavy atom. The van der Waals surface area contributed by atoms with Crippen LogP contribution in [0.1, 0.15) is 34.3 Å². The number of hydrogen-bond acceptors (Lipinski definition) is 5. The molecule has 3 aromatic rings. The van der Waals surface area contributed by atoms with Crippen LogP contribution in [0.5, 0.6) is 0 Å². The number of aryl methyl sites for hydroxylation is 1. The van der Waals surface area contributed by atoms with Gasteiger partial charge in [-0.2, -0.15) is 0 Å². The van der Waals surface area contributed by atoms with Crippen LogP contribution < -0.4 is 5.32 Å². The molecule has 0 unspecified atom stereocenters. The van der Waals surface area contributed by atoms with Gasteiger partial charge in [-0.3, -0.25) is 9.59 Å². The van der Waals surface area contributed by atoms with Crippen LogP contribution in [-0.2, 0) is 4.79 Å². The molecule has 0 saturated heterocycles. The van der Waals surface area contributed by atoms with Gasteiger partial charge in [0.25, 0.3) is 0 Å². The first-order valence-corrected chi connectivity index (χ1v) is 10.5. The first kappa shape index (κ1) is 17.9. The van der Waals surface area contributed by atoms with Gasteiger partial charge in [-0.05, 0) is 37.6 Å². The maximum absolute atomic E-state index is 12.6. The number of carbonyl (C=O) groups is 2. The number of amides is 1. The minimum Gasteiger partial charge on any atom is -0.325 e. The third-order valence-electron chi connectivity index (χ3n) is 4.65. The lowest BCUT2D eigenvalue weighted by molar-refractivity contribution is -0.116. The molecule has 136 valence electrons. The summed E-state index contributed by atoms with van der Waals surface area (Å²) in [6, 6.07) is 13.7. The molecule has 1 N–H and O–H groups in total. The van der Waals surface area contributed by atoms with Crippen molar-refractivity contribution in [3.63, 3.8) is 0 Å². The molecule has 4 rings (SSSR count). The highest BCUT2D eigenvalue weighted by molar-refractivity contribution is 8.01. The molecule has 0 aliphatic carbocycles. The first-order chi connectivity index (χ1) is 13.0. The molecule has 27 heavy (non-hydrogen) atoms. The van der Waals surface area contributed by atoms with E-state index in [-0.39, 0.29) is 17.6 Å². The van der Waals surface area contributed by atoms with Gasteiger partial charge >= 0.3 is 0 Å². The zero-order chi connectivity index (χ0) is 19.0. The molecule has 1 amide bonds. The van der Waals surface area contributed by atoms with Gasteiger partial charge in [-0.25, -0.2) is 4.98 Å². The number of carbonyl (C=O) groups excluding carboxylic acids is 2. The number of nitrogens with zero attached hydrogens (tertiary/aromatic N) is 1. The van der Waals surface area contributed by atoms with E-state index in [0.717, 1.165) is 26.8 Å². The van der Waals surface area contributed by atoms with Crippen molar-refractivity contribution in [3.05, 3.63) is 64.5 Å². The summed E-state index contributed by atoms with van der Waals surface area (Å²) in [5, 5.41) is 4.85. The van der Waals surface area contributed by atoms with Crippen molar-refractivity contribution < 1.29 is 9.59 Å². The topological polar surface area (TPSA) is 59.1 Å². The van der Waals surface area contributed by atoms with Crippen LogP contribution in [0.25, 0.3) is 11.3 Å². The second-order valence-electron chi connectivity index (χ2n) is 6.59. The number of thiazole rings is 1. The molecule has 0 bridgehead atoms. The van der Waals surface area contributed by atoms with E-state index in [1.54, 1.807) is 17.4 Å². The Labute approximate surface area is 166 Å². The van der Waals surface area contributed by atoms with Crippen molar-refractivity contribution in [2.75, 3.05) is 11.1 Å². The predicted molar refractivity (Wildman–Crippen MR) is 111 cm³/mol. The number of anilines is 1. The fraction of sp³-hybridized carbons (Fsp3) is 0.190. The Morgan fingerprint density at radius 2 is 2.00 bits per heavy atom. The van der Waals surface area contributed by atoms with Crippen LogP contribution in [0.15, 0.2) is 52.2 Å². The normalized spacial score (nSPS) is 15.5. The summed E-state index contributed by atoms with van der Waals surface area (Å²) in [7, 11) is 0. The molecule has 0 saturated carbocycles. The van der Waals surface area contributed by atoms with Crippen molar-refractivity contribution in [1.82, 2.24) is 4.98 Å². The number of aromatic nitrogens is 1. The molecule has 0 fully saturated rings. The summed E-state index contributed by atoms with van der Waals surface area (Å²) in [6.45, 7) is 3.91. The van der Waals surface area contributed by atoms with Gasteiger partial charge in [-0.15, -0.1) is 11.3 Å². The van der Waals surface area contributed by atoms with E-state index in [2.05, 4.69) is 41.5 Å². The van der Waals surface area contributed by atoms with Gasteiger partial charge in [0.05, 0.1) is 17.4 Å². The third-order valence-corrected chi connectivity index (χ3v) is 6.67. The Bertz CT molecular complexity index is 1020. The quantitative estimate of drug-likeness (QED) is 0.480. The largest absolute Gasteiger partial charge is 0.325 e. The molecule has 1 atom stereocenters. The van der Waals surface area contributed by atoms with Crippen LogP contribution >= 0.6 is 23.1 Å². The fourth-order valence-corrected chi connectivity index (χ4v) is 4.71. The average Bonchev–Trinajstić information content (AvgIpc) is 3.25. The molecular weight excluding hydrogens is 376 g/mol. The predicted octanol–water partition coefficient (Wildman–Crippen LogP) is 5.15. The Hall–Kier alpha value is -2.44. The second-order valence-corrected chi connectivity index (χ2v) is 8.67. The van der Waals surface area contributed by atoms with Crippen LogP contribution in [0, 0.1) is 6.92 Å². The number of Topliss-reactive ketones (excluding diaryl/α,β-unsaturated/α-hetero) is 1. The monoisotopic (exact) mass is 394 g/mol. The Kier molecular flexibility index (Phi) is 4.85. The zero-order valence-electron chi connectivity index (χ0n) is 15.0. The number of hydrogen-bond donors (Lipinski definition) is 1. The zero-order valence-corrected chi connectivity index (χ0v) is 16.6. The van der Waals surface area contributed by atoms with E-state index < -0.39 is 0 Å². The molecule has 1 aromatic heterocycles. The van der Waals surface area contributed by atoms with E-state index in [1.807, 2.05) is 24.4 Å². The Balaban J connectivity index is 1.43. The van der Waals surface area contributed by atoms with Crippen molar-refractivity contribution in [2.45, 2.75) is 24.1 Å². The first-order valence-electron chi connectivity index (χ1n) is 8.64. The summed E-state index contributed by atoms with van der Waals surface area (Å²) < 4.78 is 0.880. The van der Waals surface area contributed by atoms with Gasteiger partial charge in [-0.1, -0.05) is 41.6 Å². The molecule has 0 radical (unpaired) electrons.